The first-order valence-electron chi connectivity index (χ1n) is 19.0. The van der Waals surface area contributed by atoms with E-state index in [1.54, 1.807) is 13.8 Å². The van der Waals surface area contributed by atoms with E-state index in [1.165, 1.54) is 7.11 Å². The lowest BCUT2D eigenvalue weighted by Crippen LogP contribution is -2.55. The molecule has 4 aliphatic rings. The summed E-state index contributed by atoms with van der Waals surface area (Å²) in [6, 6.07) is 0. The van der Waals surface area contributed by atoms with Crippen LogP contribution in [-0.4, -0.2) is 64.1 Å². The van der Waals surface area contributed by atoms with E-state index in [-0.39, 0.29) is 54.4 Å². The summed E-state index contributed by atoms with van der Waals surface area (Å²) in [4.78, 5) is 57.3. The monoisotopic (exact) mass is 684 g/mol. The van der Waals surface area contributed by atoms with Gasteiger partial charge in [0.1, 0.15) is 17.3 Å². The number of rotatable bonds is 2. The van der Waals surface area contributed by atoms with Crippen molar-refractivity contribution in [1.82, 2.24) is 0 Å². The SMILES string of the molecule is COC(=O)C12CC(=O)C(C(C)C)CC(=O)C(C)CCCC(C)CC(=O)C1CC(C)=C1CCC(C)(O)C3CCC(C)(O)C(CCC(C)=CC12)O3. The fourth-order valence-corrected chi connectivity index (χ4v) is 9.39. The zero-order valence-corrected chi connectivity index (χ0v) is 31.7. The Kier molecular flexibility index (Phi) is 12.6. The number of carbonyl (C=O) groups is 4. The number of hydrogen-bond donors (Lipinski definition) is 2. The van der Waals surface area contributed by atoms with Crippen molar-refractivity contribution in [2.75, 3.05) is 7.11 Å². The average Bonchev–Trinajstić information content (AvgIpc) is 3.01. The van der Waals surface area contributed by atoms with Crippen LogP contribution in [0.1, 0.15) is 139 Å². The summed E-state index contributed by atoms with van der Waals surface area (Å²) in [6.07, 6.45) is 6.98. The number of allylic oxidation sites excluding steroid dienone is 4. The van der Waals surface area contributed by atoms with Crippen molar-refractivity contribution >= 4 is 23.3 Å². The van der Waals surface area contributed by atoms with Crippen LogP contribution in [0.5, 0.6) is 0 Å². The third-order valence-corrected chi connectivity index (χ3v) is 12.9. The number of ketones is 3. The van der Waals surface area contributed by atoms with Crippen molar-refractivity contribution in [3.8, 4) is 0 Å². The van der Waals surface area contributed by atoms with Crippen molar-refractivity contribution in [3.63, 3.8) is 0 Å². The molecule has 0 aromatic heterocycles. The van der Waals surface area contributed by atoms with Gasteiger partial charge in [0.25, 0.3) is 0 Å². The number of hydrogen-bond acceptors (Lipinski definition) is 8. The predicted octanol–water partition coefficient (Wildman–Crippen LogP) is 7.27. The van der Waals surface area contributed by atoms with Crippen molar-refractivity contribution in [2.45, 2.75) is 162 Å². The number of methoxy groups -OCH3 is 1. The van der Waals surface area contributed by atoms with Crippen LogP contribution in [0.3, 0.4) is 0 Å². The highest BCUT2D eigenvalue weighted by molar-refractivity contribution is 5.97. The average molecular weight is 685 g/mol. The summed E-state index contributed by atoms with van der Waals surface area (Å²) in [5.74, 6) is -2.90. The highest BCUT2D eigenvalue weighted by Gasteiger charge is 2.59. The fraction of sp³-hybridized carbons (Fsp3) is 0.805. The summed E-state index contributed by atoms with van der Waals surface area (Å²) in [7, 11) is 1.34. The minimum Gasteiger partial charge on any atom is -0.469 e. The zero-order chi connectivity index (χ0) is 36.5. The Labute approximate surface area is 294 Å². The van der Waals surface area contributed by atoms with Gasteiger partial charge in [0.05, 0.1) is 35.9 Å². The van der Waals surface area contributed by atoms with Crippen LogP contribution in [-0.2, 0) is 28.7 Å². The van der Waals surface area contributed by atoms with Crippen LogP contribution < -0.4 is 0 Å². The Morgan fingerprint density at radius 3 is 2.18 bits per heavy atom. The van der Waals surface area contributed by atoms with Crippen LogP contribution in [0.2, 0.25) is 0 Å². The van der Waals surface area contributed by atoms with E-state index < -0.39 is 52.5 Å². The molecule has 4 rings (SSSR count). The molecule has 8 nitrogen and oxygen atoms in total. The van der Waals surface area contributed by atoms with Gasteiger partial charge in [-0.2, -0.15) is 0 Å². The second-order valence-corrected chi connectivity index (χ2v) is 17.3. The molecule has 0 spiro atoms. The Hall–Kier alpha value is -2.16. The van der Waals surface area contributed by atoms with Gasteiger partial charge in [-0.05, 0) is 90.9 Å². The van der Waals surface area contributed by atoms with Crippen LogP contribution in [0, 0.1) is 40.9 Å². The summed E-state index contributed by atoms with van der Waals surface area (Å²) in [5, 5.41) is 23.1. The molecule has 2 N–H and O–H groups in total. The summed E-state index contributed by atoms with van der Waals surface area (Å²) < 4.78 is 12.0. The van der Waals surface area contributed by atoms with E-state index in [1.807, 2.05) is 34.6 Å². The third-order valence-electron chi connectivity index (χ3n) is 12.9. The normalized spacial score (nSPS) is 40.7. The third kappa shape index (κ3) is 8.49. The molecule has 2 bridgehead atoms. The highest BCUT2D eigenvalue weighted by atomic mass is 16.5. The number of aliphatic hydroxyl groups is 2. The molecule has 0 aromatic carbocycles. The molecule has 49 heavy (non-hydrogen) atoms. The summed E-state index contributed by atoms with van der Waals surface area (Å²) in [6.45, 7) is 15.5. The molecule has 0 amide bonds. The lowest BCUT2D eigenvalue weighted by atomic mass is 9.53. The fourth-order valence-electron chi connectivity index (χ4n) is 9.39. The largest absolute Gasteiger partial charge is 0.469 e. The minimum absolute atomic E-state index is 0.0190. The molecule has 10 atom stereocenters. The maximum Gasteiger partial charge on any atom is 0.313 e. The smallest absolute Gasteiger partial charge is 0.313 e. The molecule has 2 aliphatic carbocycles. The standard InChI is InChI=1S/C41H64O8/c1-24(2)30-22-33(42)27(5)12-10-11-25(3)20-34(43)32-21-28(6)29-15-17-39(7,46)37-16-18-40(8,47)36(49-37)14-13-26(4)19-31(29)41(32,23-35(30)44)38(45)48-9/h19,24-25,27,30-32,36-37,46-47H,10-18,20-23H2,1-9H3. The molecule has 8 heteroatoms. The van der Waals surface area contributed by atoms with Crippen molar-refractivity contribution in [3.05, 3.63) is 22.8 Å². The van der Waals surface area contributed by atoms with E-state index in [2.05, 4.69) is 13.0 Å². The first-order chi connectivity index (χ1) is 22.8. The van der Waals surface area contributed by atoms with Crippen molar-refractivity contribution in [1.29, 1.82) is 0 Å². The van der Waals surface area contributed by atoms with Gasteiger partial charge in [0.2, 0.25) is 0 Å². The number of carbonyl (C=O) groups excluding carboxylic acids is 4. The summed E-state index contributed by atoms with van der Waals surface area (Å²) >= 11 is 0. The van der Waals surface area contributed by atoms with Crippen molar-refractivity contribution in [2.24, 2.45) is 40.9 Å². The van der Waals surface area contributed by atoms with Gasteiger partial charge >= 0.3 is 5.97 Å². The van der Waals surface area contributed by atoms with Crippen LogP contribution in [0.4, 0.5) is 0 Å². The van der Waals surface area contributed by atoms with Crippen LogP contribution in [0.15, 0.2) is 22.8 Å². The van der Waals surface area contributed by atoms with E-state index in [9.17, 15) is 29.4 Å². The molecule has 1 saturated carbocycles. The first kappa shape index (κ1) is 39.6. The van der Waals surface area contributed by atoms with E-state index in [0.717, 1.165) is 36.0 Å². The Bertz CT molecular complexity index is 1320. The maximum atomic E-state index is 14.7. The molecule has 2 heterocycles. The number of esters is 1. The molecule has 276 valence electrons. The van der Waals surface area contributed by atoms with Crippen LogP contribution >= 0.6 is 0 Å². The Morgan fingerprint density at radius 2 is 1.53 bits per heavy atom. The number of ether oxygens (including phenoxy) is 2. The molecular weight excluding hydrogens is 620 g/mol. The van der Waals surface area contributed by atoms with E-state index in [4.69, 9.17) is 9.47 Å². The zero-order valence-electron chi connectivity index (χ0n) is 31.7. The lowest BCUT2D eigenvalue weighted by molar-refractivity contribution is -0.216. The summed E-state index contributed by atoms with van der Waals surface area (Å²) in [5.41, 5.74) is -0.797. The van der Waals surface area contributed by atoms with Gasteiger partial charge in [0, 0.05) is 42.9 Å². The minimum atomic E-state index is -1.50. The number of Topliss-reactive ketones (excluding diaryl/α,β-unsaturated/α-hetero) is 3. The maximum absolute atomic E-state index is 14.7. The molecule has 0 aromatic rings. The molecular formula is C41H64O8. The van der Waals surface area contributed by atoms with Gasteiger partial charge in [-0.25, -0.2) is 0 Å². The van der Waals surface area contributed by atoms with Crippen LogP contribution in [0.25, 0.3) is 0 Å². The number of fused-ring (bicyclic) bond motifs is 5. The first-order valence-corrected chi connectivity index (χ1v) is 19.0. The molecule has 0 radical (unpaired) electrons. The van der Waals surface area contributed by atoms with E-state index >= 15 is 0 Å². The van der Waals surface area contributed by atoms with Gasteiger partial charge in [0.15, 0.2) is 0 Å². The Morgan fingerprint density at radius 1 is 0.878 bits per heavy atom. The highest BCUT2D eigenvalue weighted by Crippen LogP contribution is 2.56. The molecule has 10 unspecified atom stereocenters. The lowest BCUT2D eigenvalue weighted by Gasteiger charge is -2.49. The van der Waals surface area contributed by atoms with E-state index in [0.29, 0.717) is 44.9 Å². The molecule has 2 aliphatic heterocycles. The van der Waals surface area contributed by atoms with Gasteiger partial charge in [-0.3, -0.25) is 19.2 Å². The molecule has 1 saturated heterocycles. The van der Waals surface area contributed by atoms with Crippen molar-refractivity contribution < 1.29 is 38.9 Å². The quantitative estimate of drug-likeness (QED) is 0.230. The Balaban J connectivity index is 1.94. The topological polar surface area (TPSA) is 127 Å². The predicted molar refractivity (Wildman–Crippen MR) is 189 cm³/mol. The van der Waals surface area contributed by atoms with Gasteiger partial charge in [-0.15, -0.1) is 0 Å². The second-order valence-electron chi connectivity index (χ2n) is 17.3. The second kappa shape index (κ2) is 15.6. The van der Waals surface area contributed by atoms with Gasteiger partial charge < -0.3 is 19.7 Å². The molecule has 2 fully saturated rings. The van der Waals surface area contributed by atoms with Gasteiger partial charge in [-0.1, -0.05) is 63.3 Å².